The largest absolute Gasteiger partial charge is 0.383 e. The molecule has 0 bridgehead atoms. The Hall–Kier alpha value is -1.35. The van der Waals surface area contributed by atoms with Crippen molar-refractivity contribution in [2.75, 3.05) is 12.3 Å². The second-order valence-corrected chi connectivity index (χ2v) is 3.41. The van der Waals surface area contributed by atoms with Gasteiger partial charge in [0, 0.05) is 11.8 Å². The molecule has 0 fully saturated rings. The Morgan fingerprint density at radius 3 is 2.93 bits per heavy atom. The van der Waals surface area contributed by atoms with Gasteiger partial charge in [0.1, 0.15) is 5.82 Å². The lowest BCUT2D eigenvalue weighted by Crippen LogP contribution is -1.98. The Balaban J connectivity index is 2.99. The van der Waals surface area contributed by atoms with Gasteiger partial charge in [-0.2, -0.15) is 0 Å². The Morgan fingerprint density at radius 2 is 2.29 bits per heavy atom. The number of hydrogen-bond acceptors (Lipinski definition) is 3. The molecule has 0 spiro atoms. The number of allylic oxidation sites excluding steroid dienone is 1. The van der Waals surface area contributed by atoms with Crippen LogP contribution in [0.2, 0.25) is 0 Å². The second kappa shape index (κ2) is 4.77. The van der Waals surface area contributed by atoms with E-state index in [0.717, 1.165) is 23.1 Å². The topological polar surface area (TPSA) is 64.9 Å². The minimum atomic E-state index is 0.585. The first-order valence-electron chi connectivity index (χ1n) is 4.74. The van der Waals surface area contributed by atoms with Gasteiger partial charge in [0.2, 0.25) is 0 Å². The van der Waals surface area contributed by atoms with Gasteiger partial charge >= 0.3 is 0 Å². The van der Waals surface area contributed by atoms with Gasteiger partial charge in [-0.05, 0) is 44.0 Å². The van der Waals surface area contributed by atoms with Gasteiger partial charge < -0.3 is 11.5 Å². The molecule has 0 aliphatic carbocycles. The second-order valence-electron chi connectivity index (χ2n) is 3.41. The third-order valence-corrected chi connectivity index (χ3v) is 2.10. The monoisotopic (exact) mass is 191 g/mol. The first kappa shape index (κ1) is 10.7. The van der Waals surface area contributed by atoms with Crippen LogP contribution in [0.25, 0.3) is 5.57 Å². The van der Waals surface area contributed by atoms with Crippen LogP contribution in [0, 0.1) is 6.92 Å². The van der Waals surface area contributed by atoms with E-state index >= 15 is 0 Å². The van der Waals surface area contributed by atoms with Crippen molar-refractivity contribution in [2.45, 2.75) is 20.3 Å². The minimum absolute atomic E-state index is 0.585. The molecule has 0 aromatic carbocycles. The van der Waals surface area contributed by atoms with Gasteiger partial charge in [0.15, 0.2) is 0 Å². The number of pyridine rings is 1. The molecule has 0 radical (unpaired) electrons. The average Bonchev–Trinajstić information content (AvgIpc) is 2.18. The molecule has 14 heavy (non-hydrogen) atoms. The fourth-order valence-corrected chi connectivity index (χ4v) is 1.31. The maximum atomic E-state index is 5.78. The molecule has 3 nitrogen and oxygen atoms in total. The van der Waals surface area contributed by atoms with Crippen LogP contribution in [0.4, 0.5) is 5.82 Å². The maximum absolute atomic E-state index is 5.78. The molecule has 3 heteroatoms. The van der Waals surface area contributed by atoms with Crippen LogP contribution in [0.1, 0.15) is 24.5 Å². The van der Waals surface area contributed by atoms with E-state index in [1.807, 2.05) is 19.9 Å². The van der Waals surface area contributed by atoms with Crippen LogP contribution in [0.5, 0.6) is 0 Å². The van der Waals surface area contributed by atoms with Crippen molar-refractivity contribution >= 4 is 11.4 Å². The number of rotatable bonds is 3. The SMILES string of the molecule is CC(=CCCN)c1cc(C)cnc1N. The lowest BCUT2D eigenvalue weighted by atomic mass is 10.1. The summed E-state index contributed by atoms with van der Waals surface area (Å²) in [5.41, 5.74) is 14.5. The number of hydrogen-bond donors (Lipinski definition) is 2. The predicted molar refractivity (Wildman–Crippen MR) is 60.7 cm³/mol. The van der Waals surface area contributed by atoms with E-state index in [-0.39, 0.29) is 0 Å². The predicted octanol–water partition coefficient (Wildman–Crippen LogP) is 1.72. The molecule has 0 unspecified atom stereocenters. The Morgan fingerprint density at radius 1 is 1.57 bits per heavy atom. The van der Waals surface area contributed by atoms with Gasteiger partial charge in [0.25, 0.3) is 0 Å². The van der Waals surface area contributed by atoms with Crippen LogP contribution < -0.4 is 11.5 Å². The van der Waals surface area contributed by atoms with Crippen LogP contribution in [-0.2, 0) is 0 Å². The molecule has 76 valence electrons. The standard InChI is InChI=1S/C11H17N3/c1-8-6-10(11(13)14-7-8)9(2)4-3-5-12/h4,6-7H,3,5,12H2,1-2H3,(H2,13,14). The van der Waals surface area contributed by atoms with E-state index in [4.69, 9.17) is 11.5 Å². The Kier molecular flexibility index (Phi) is 3.65. The maximum Gasteiger partial charge on any atom is 0.130 e. The highest BCUT2D eigenvalue weighted by Crippen LogP contribution is 2.20. The molecule has 0 amide bonds. The summed E-state index contributed by atoms with van der Waals surface area (Å²) >= 11 is 0. The summed E-state index contributed by atoms with van der Waals surface area (Å²) in [7, 11) is 0. The summed E-state index contributed by atoms with van der Waals surface area (Å²) in [4.78, 5) is 4.11. The van der Waals surface area contributed by atoms with Crippen molar-refractivity contribution in [2.24, 2.45) is 5.73 Å². The summed E-state index contributed by atoms with van der Waals surface area (Å²) in [6.45, 7) is 4.70. The number of anilines is 1. The smallest absolute Gasteiger partial charge is 0.130 e. The van der Waals surface area contributed by atoms with E-state index in [0.29, 0.717) is 12.4 Å². The van der Waals surface area contributed by atoms with Gasteiger partial charge in [-0.25, -0.2) is 4.98 Å². The molecule has 1 aromatic rings. The molecule has 1 rings (SSSR count). The van der Waals surface area contributed by atoms with Crippen LogP contribution >= 0.6 is 0 Å². The zero-order chi connectivity index (χ0) is 10.6. The molecule has 0 atom stereocenters. The molecule has 0 saturated heterocycles. The molecular weight excluding hydrogens is 174 g/mol. The fourth-order valence-electron chi connectivity index (χ4n) is 1.31. The highest BCUT2D eigenvalue weighted by atomic mass is 14.8. The van der Waals surface area contributed by atoms with E-state index in [1.165, 1.54) is 0 Å². The van der Waals surface area contributed by atoms with Gasteiger partial charge in [-0.15, -0.1) is 0 Å². The summed E-state index contributed by atoms with van der Waals surface area (Å²) in [6, 6.07) is 2.05. The molecular formula is C11H17N3. The molecule has 0 aliphatic rings. The number of nitrogens with two attached hydrogens (primary N) is 2. The van der Waals surface area contributed by atoms with Crippen molar-refractivity contribution in [3.63, 3.8) is 0 Å². The zero-order valence-corrected chi connectivity index (χ0v) is 8.75. The van der Waals surface area contributed by atoms with E-state index in [2.05, 4.69) is 11.1 Å². The number of aromatic nitrogens is 1. The number of nitrogen functional groups attached to an aromatic ring is 1. The van der Waals surface area contributed by atoms with Crippen LogP contribution in [-0.4, -0.2) is 11.5 Å². The van der Waals surface area contributed by atoms with E-state index in [1.54, 1.807) is 6.20 Å². The molecule has 1 aromatic heterocycles. The van der Waals surface area contributed by atoms with Crippen molar-refractivity contribution in [3.05, 3.63) is 29.5 Å². The summed E-state index contributed by atoms with van der Waals surface area (Å²) in [5, 5.41) is 0. The van der Waals surface area contributed by atoms with Crippen molar-refractivity contribution in [1.29, 1.82) is 0 Å². The number of aryl methyl sites for hydroxylation is 1. The van der Waals surface area contributed by atoms with Crippen molar-refractivity contribution in [1.82, 2.24) is 4.98 Å². The normalized spacial score (nSPS) is 11.8. The van der Waals surface area contributed by atoms with Crippen molar-refractivity contribution < 1.29 is 0 Å². The third-order valence-electron chi connectivity index (χ3n) is 2.10. The molecule has 0 saturated carbocycles. The number of nitrogens with zero attached hydrogens (tertiary/aromatic N) is 1. The molecule has 1 heterocycles. The van der Waals surface area contributed by atoms with Crippen LogP contribution in [0.3, 0.4) is 0 Å². The Bertz CT molecular complexity index is 342. The lowest BCUT2D eigenvalue weighted by Gasteiger charge is -2.06. The summed E-state index contributed by atoms with van der Waals surface area (Å²) in [6.07, 6.45) is 4.74. The van der Waals surface area contributed by atoms with Gasteiger partial charge in [0.05, 0.1) is 0 Å². The van der Waals surface area contributed by atoms with Gasteiger partial charge in [-0.1, -0.05) is 6.08 Å². The highest BCUT2D eigenvalue weighted by Gasteiger charge is 2.02. The first-order valence-corrected chi connectivity index (χ1v) is 4.74. The summed E-state index contributed by atoms with van der Waals surface area (Å²) in [5.74, 6) is 0.585. The lowest BCUT2D eigenvalue weighted by molar-refractivity contribution is 1.01. The molecule has 0 aliphatic heterocycles. The van der Waals surface area contributed by atoms with Crippen molar-refractivity contribution in [3.8, 4) is 0 Å². The van der Waals surface area contributed by atoms with E-state index in [9.17, 15) is 0 Å². The fraction of sp³-hybridized carbons (Fsp3) is 0.364. The van der Waals surface area contributed by atoms with E-state index < -0.39 is 0 Å². The highest BCUT2D eigenvalue weighted by molar-refractivity contribution is 5.71. The quantitative estimate of drug-likeness (QED) is 0.764. The zero-order valence-electron chi connectivity index (χ0n) is 8.75. The summed E-state index contributed by atoms with van der Waals surface area (Å²) < 4.78 is 0. The first-order chi connectivity index (χ1) is 6.65. The van der Waals surface area contributed by atoms with Gasteiger partial charge in [-0.3, -0.25) is 0 Å². The minimum Gasteiger partial charge on any atom is -0.383 e. The molecule has 4 N–H and O–H groups in total. The Labute approximate surface area is 84.8 Å². The third kappa shape index (κ3) is 2.57. The van der Waals surface area contributed by atoms with Crippen LogP contribution in [0.15, 0.2) is 18.3 Å². The average molecular weight is 191 g/mol.